The first-order valence-corrected chi connectivity index (χ1v) is 12.0. The molecule has 8 nitrogen and oxygen atoms in total. The first kappa shape index (κ1) is 24.5. The molecule has 3 aromatic rings. The van der Waals surface area contributed by atoms with Gasteiger partial charge in [-0.25, -0.2) is 4.79 Å². The van der Waals surface area contributed by atoms with Crippen molar-refractivity contribution in [3.8, 4) is 5.75 Å². The van der Waals surface area contributed by atoms with Crippen molar-refractivity contribution in [3.05, 3.63) is 75.6 Å². The van der Waals surface area contributed by atoms with Crippen LogP contribution >= 0.6 is 27.7 Å². The normalized spacial score (nSPS) is 14.5. The summed E-state index contributed by atoms with van der Waals surface area (Å²) >= 11 is 4.13. The highest BCUT2D eigenvalue weighted by Crippen LogP contribution is 2.34. The number of anilines is 1. The number of rotatable bonds is 7. The first-order chi connectivity index (χ1) is 16.9. The van der Waals surface area contributed by atoms with Gasteiger partial charge in [0.1, 0.15) is 12.3 Å². The summed E-state index contributed by atoms with van der Waals surface area (Å²) in [5, 5.41) is 4.09. The van der Waals surface area contributed by atoms with E-state index in [4.69, 9.17) is 4.74 Å². The van der Waals surface area contributed by atoms with Gasteiger partial charge in [0.15, 0.2) is 6.61 Å². The van der Waals surface area contributed by atoms with Crippen molar-refractivity contribution in [2.75, 3.05) is 25.6 Å². The van der Waals surface area contributed by atoms with Gasteiger partial charge in [-0.05, 0) is 62.9 Å². The summed E-state index contributed by atoms with van der Waals surface area (Å²) in [5.74, 6) is -1.11. The van der Waals surface area contributed by atoms with Crippen molar-refractivity contribution in [1.82, 2.24) is 4.90 Å². The number of carbonyl (C=O) groups excluding carboxylic acids is 4. The van der Waals surface area contributed by atoms with Crippen LogP contribution in [0, 0.1) is 0 Å². The van der Waals surface area contributed by atoms with Gasteiger partial charge in [-0.15, -0.1) is 0 Å². The van der Waals surface area contributed by atoms with Crippen LogP contribution in [0.15, 0.2) is 70.0 Å². The maximum Gasteiger partial charge on any atom is 0.343 e. The lowest BCUT2D eigenvalue weighted by Crippen LogP contribution is -2.36. The fourth-order valence-electron chi connectivity index (χ4n) is 3.37. The summed E-state index contributed by atoms with van der Waals surface area (Å²) < 4.78 is 10.5. The van der Waals surface area contributed by atoms with Crippen molar-refractivity contribution in [2.24, 2.45) is 0 Å². The highest BCUT2D eigenvalue weighted by atomic mass is 79.9. The molecule has 0 aliphatic carbocycles. The molecule has 1 saturated heterocycles. The molecule has 178 valence electrons. The average molecular weight is 555 g/mol. The van der Waals surface area contributed by atoms with E-state index in [2.05, 4.69) is 26.0 Å². The SMILES string of the molecule is COC(=O)COc1ccc(/C=C2/SC(=O)N(CC(=O)Nc3cccc4ccccc34)C2=O)cc1Br. The van der Waals surface area contributed by atoms with E-state index < -0.39 is 29.6 Å². The van der Waals surface area contributed by atoms with E-state index in [9.17, 15) is 19.2 Å². The van der Waals surface area contributed by atoms with Crippen LogP contribution in [0.25, 0.3) is 16.8 Å². The number of nitrogens with zero attached hydrogens (tertiary/aromatic N) is 1. The number of carbonyl (C=O) groups is 4. The van der Waals surface area contributed by atoms with Crippen LogP contribution in [0.2, 0.25) is 0 Å². The lowest BCUT2D eigenvalue weighted by atomic mass is 10.1. The van der Waals surface area contributed by atoms with Gasteiger partial charge in [0.05, 0.1) is 16.5 Å². The molecule has 3 amide bonds. The smallest absolute Gasteiger partial charge is 0.343 e. The van der Waals surface area contributed by atoms with Crippen LogP contribution < -0.4 is 10.1 Å². The molecule has 0 unspecified atom stereocenters. The van der Waals surface area contributed by atoms with E-state index in [1.165, 1.54) is 7.11 Å². The number of benzene rings is 3. The minimum absolute atomic E-state index is 0.197. The molecule has 35 heavy (non-hydrogen) atoms. The maximum absolute atomic E-state index is 12.8. The molecule has 0 aromatic heterocycles. The third kappa shape index (κ3) is 5.72. The number of nitrogens with one attached hydrogen (secondary N) is 1. The highest BCUT2D eigenvalue weighted by Gasteiger charge is 2.36. The monoisotopic (exact) mass is 554 g/mol. The number of esters is 1. The zero-order valence-corrected chi connectivity index (χ0v) is 20.9. The number of halogens is 1. The molecular formula is C25H19BrN2O6S. The second-order valence-electron chi connectivity index (χ2n) is 7.40. The van der Waals surface area contributed by atoms with Crippen molar-refractivity contribution in [2.45, 2.75) is 0 Å². The van der Waals surface area contributed by atoms with Gasteiger partial charge in [-0.3, -0.25) is 19.3 Å². The summed E-state index contributed by atoms with van der Waals surface area (Å²) in [6.45, 7) is -0.636. The third-order valence-electron chi connectivity index (χ3n) is 5.07. The number of hydrogen-bond acceptors (Lipinski definition) is 7. The number of amides is 3. The Morgan fingerprint density at radius 2 is 1.86 bits per heavy atom. The van der Waals surface area contributed by atoms with E-state index >= 15 is 0 Å². The minimum atomic E-state index is -0.546. The molecule has 3 aromatic carbocycles. The fraction of sp³-hybridized carbons (Fsp3) is 0.120. The van der Waals surface area contributed by atoms with E-state index in [0.717, 1.165) is 27.4 Å². The fourth-order valence-corrected chi connectivity index (χ4v) is 4.72. The van der Waals surface area contributed by atoms with Crippen molar-refractivity contribution >= 4 is 73.3 Å². The van der Waals surface area contributed by atoms with Crippen LogP contribution in [0.1, 0.15) is 5.56 Å². The molecule has 1 aliphatic heterocycles. The quantitative estimate of drug-likeness (QED) is 0.329. The first-order valence-electron chi connectivity index (χ1n) is 10.4. The average Bonchev–Trinajstić information content (AvgIpc) is 3.10. The van der Waals surface area contributed by atoms with Gasteiger partial charge in [-0.1, -0.05) is 42.5 Å². The Balaban J connectivity index is 1.43. The third-order valence-corrected chi connectivity index (χ3v) is 6.59. The van der Waals surface area contributed by atoms with E-state index in [1.807, 2.05) is 36.4 Å². The predicted octanol–water partition coefficient (Wildman–Crippen LogP) is 4.83. The van der Waals surface area contributed by atoms with Crippen molar-refractivity contribution in [3.63, 3.8) is 0 Å². The molecule has 0 radical (unpaired) electrons. The van der Waals surface area contributed by atoms with Gasteiger partial charge in [0, 0.05) is 11.1 Å². The zero-order chi connectivity index (χ0) is 24.9. The van der Waals surface area contributed by atoms with Crippen LogP contribution in [0.3, 0.4) is 0 Å². The topological polar surface area (TPSA) is 102 Å². The van der Waals surface area contributed by atoms with Crippen LogP contribution in [-0.2, 0) is 19.1 Å². The molecule has 1 aliphatic rings. The Morgan fingerprint density at radius 1 is 1.09 bits per heavy atom. The number of hydrogen-bond donors (Lipinski definition) is 1. The molecule has 1 fully saturated rings. The van der Waals surface area contributed by atoms with E-state index in [-0.39, 0.29) is 11.5 Å². The predicted molar refractivity (Wildman–Crippen MR) is 137 cm³/mol. The number of ether oxygens (including phenoxy) is 2. The number of fused-ring (bicyclic) bond motifs is 1. The van der Waals surface area contributed by atoms with Crippen molar-refractivity contribution < 1.29 is 28.7 Å². The van der Waals surface area contributed by atoms with Gasteiger partial charge in [-0.2, -0.15) is 0 Å². The standard InChI is InChI=1S/C25H19BrN2O6S/c1-33-23(30)14-34-20-10-9-15(11-18(20)26)12-21-24(31)28(25(32)35-21)13-22(29)27-19-8-4-6-16-5-2-3-7-17(16)19/h2-12H,13-14H2,1H3,(H,27,29)/b21-12+. The second-order valence-corrected chi connectivity index (χ2v) is 9.24. The van der Waals surface area contributed by atoms with Gasteiger partial charge >= 0.3 is 5.97 Å². The highest BCUT2D eigenvalue weighted by molar-refractivity contribution is 9.10. The molecule has 10 heteroatoms. The molecule has 1 heterocycles. The number of imide groups is 1. The molecule has 0 atom stereocenters. The zero-order valence-electron chi connectivity index (χ0n) is 18.4. The Morgan fingerprint density at radius 3 is 2.63 bits per heavy atom. The minimum Gasteiger partial charge on any atom is -0.481 e. The van der Waals surface area contributed by atoms with E-state index in [1.54, 1.807) is 30.3 Å². The largest absolute Gasteiger partial charge is 0.481 e. The van der Waals surface area contributed by atoms with E-state index in [0.29, 0.717) is 21.5 Å². The van der Waals surface area contributed by atoms with Gasteiger partial charge < -0.3 is 14.8 Å². The van der Waals surface area contributed by atoms with Crippen molar-refractivity contribution in [1.29, 1.82) is 0 Å². The lowest BCUT2D eigenvalue weighted by molar-refractivity contribution is -0.143. The second kappa shape index (κ2) is 10.7. The Bertz CT molecular complexity index is 1370. The summed E-state index contributed by atoms with van der Waals surface area (Å²) in [6.07, 6.45) is 1.56. The molecule has 4 rings (SSSR count). The van der Waals surface area contributed by atoms with Crippen LogP contribution in [0.5, 0.6) is 5.75 Å². The molecular weight excluding hydrogens is 536 g/mol. The Hall–Kier alpha value is -3.63. The molecule has 0 spiro atoms. The van der Waals surface area contributed by atoms with Gasteiger partial charge in [0.2, 0.25) is 5.91 Å². The Kier molecular flexibility index (Phi) is 7.52. The summed E-state index contributed by atoms with van der Waals surface area (Å²) in [4.78, 5) is 50.3. The molecule has 0 saturated carbocycles. The molecule has 1 N–H and O–H groups in total. The number of methoxy groups -OCH3 is 1. The van der Waals surface area contributed by atoms with Crippen LogP contribution in [-0.4, -0.2) is 48.2 Å². The summed E-state index contributed by atoms with van der Waals surface area (Å²) in [5.41, 5.74) is 1.24. The lowest BCUT2D eigenvalue weighted by Gasteiger charge is -2.13. The summed E-state index contributed by atoms with van der Waals surface area (Å²) in [7, 11) is 1.27. The summed E-state index contributed by atoms with van der Waals surface area (Å²) in [6, 6.07) is 18.1. The molecule has 0 bridgehead atoms. The Labute approximate surface area is 213 Å². The maximum atomic E-state index is 12.8. The number of thioether (sulfide) groups is 1. The van der Waals surface area contributed by atoms with Gasteiger partial charge in [0.25, 0.3) is 11.1 Å². The van der Waals surface area contributed by atoms with Crippen LogP contribution in [0.4, 0.5) is 10.5 Å².